The minimum absolute atomic E-state index is 0.247. The summed E-state index contributed by atoms with van der Waals surface area (Å²) in [6.07, 6.45) is 2.20. The number of amides is 2. The number of urea groups is 1. The van der Waals surface area contributed by atoms with Gasteiger partial charge in [-0.1, -0.05) is 30.3 Å². The number of aliphatic hydroxyl groups is 2. The largest absolute Gasteiger partial charge is 0.390 e. The zero-order chi connectivity index (χ0) is 20.6. The summed E-state index contributed by atoms with van der Waals surface area (Å²) >= 11 is 0. The number of anilines is 1. The highest BCUT2D eigenvalue weighted by molar-refractivity contribution is 5.92. The third kappa shape index (κ3) is 4.08. The van der Waals surface area contributed by atoms with Crippen LogP contribution in [0.2, 0.25) is 0 Å². The highest BCUT2D eigenvalue weighted by Gasteiger charge is 2.31. The Hall–Kier alpha value is -2.97. The van der Waals surface area contributed by atoms with Crippen molar-refractivity contribution in [2.45, 2.75) is 50.9 Å². The first-order valence-electron chi connectivity index (χ1n) is 9.70. The van der Waals surface area contributed by atoms with Crippen LogP contribution in [0.1, 0.15) is 55.6 Å². The number of hydrogen-bond donors (Lipinski definition) is 5. The Morgan fingerprint density at radius 1 is 1.31 bits per heavy atom. The van der Waals surface area contributed by atoms with Crippen LogP contribution in [0, 0.1) is 0 Å². The summed E-state index contributed by atoms with van der Waals surface area (Å²) in [6.45, 7) is 3.04. The lowest BCUT2D eigenvalue weighted by molar-refractivity contribution is 0.0415. The fourth-order valence-corrected chi connectivity index (χ4v) is 3.58. The third-order valence-corrected chi connectivity index (χ3v) is 5.13. The minimum atomic E-state index is -1.17. The minimum Gasteiger partial charge on any atom is -0.390 e. The Morgan fingerprint density at radius 2 is 2.03 bits per heavy atom. The monoisotopic (exact) mass is 395 g/mol. The molecule has 3 aromatic rings. The molecule has 1 aromatic carbocycles. The van der Waals surface area contributed by atoms with E-state index in [2.05, 4.69) is 25.8 Å². The van der Waals surface area contributed by atoms with Crippen molar-refractivity contribution in [3.8, 4) is 0 Å². The zero-order valence-electron chi connectivity index (χ0n) is 16.4. The molecular formula is C21H25N5O3. The second-order valence-corrected chi connectivity index (χ2v) is 8.01. The molecule has 1 aliphatic rings. The van der Waals surface area contributed by atoms with Gasteiger partial charge in [-0.25, -0.2) is 9.78 Å². The Kier molecular flexibility index (Phi) is 4.97. The van der Waals surface area contributed by atoms with Crippen LogP contribution >= 0.6 is 0 Å². The Morgan fingerprint density at radius 3 is 2.66 bits per heavy atom. The maximum absolute atomic E-state index is 12.6. The quantitative estimate of drug-likeness (QED) is 0.439. The van der Waals surface area contributed by atoms with Crippen LogP contribution in [0.5, 0.6) is 0 Å². The number of fused-ring (bicyclic) bond motifs is 1. The first-order chi connectivity index (χ1) is 13.9. The molecule has 5 N–H and O–H groups in total. The number of rotatable bonds is 6. The molecule has 1 fully saturated rings. The van der Waals surface area contributed by atoms with Crippen LogP contribution in [0.3, 0.4) is 0 Å². The predicted octanol–water partition coefficient (Wildman–Crippen LogP) is 2.96. The molecule has 0 radical (unpaired) electrons. The van der Waals surface area contributed by atoms with Gasteiger partial charge >= 0.3 is 6.03 Å². The molecule has 4 rings (SSSR count). The normalized spacial score (nSPS) is 15.3. The number of aromatic amines is 1. The van der Waals surface area contributed by atoms with Crippen molar-refractivity contribution >= 4 is 22.8 Å². The van der Waals surface area contributed by atoms with Crippen LogP contribution in [0.25, 0.3) is 10.9 Å². The first-order valence-corrected chi connectivity index (χ1v) is 9.70. The van der Waals surface area contributed by atoms with Gasteiger partial charge in [-0.15, -0.1) is 0 Å². The van der Waals surface area contributed by atoms with Crippen molar-refractivity contribution in [1.82, 2.24) is 20.5 Å². The number of hydrogen-bond acceptors (Lipinski definition) is 5. The van der Waals surface area contributed by atoms with Gasteiger partial charge in [0.15, 0.2) is 0 Å². The molecule has 1 aliphatic carbocycles. The highest BCUT2D eigenvalue weighted by atomic mass is 16.3. The van der Waals surface area contributed by atoms with Crippen molar-refractivity contribution in [1.29, 1.82) is 0 Å². The lowest BCUT2D eigenvalue weighted by Crippen LogP contribution is -2.44. The number of aromatic nitrogens is 3. The van der Waals surface area contributed by atoms with Gasteiger partial charge in [-0.2, -0.15) is 5.10 Å². The summed E-state index contributed by atoms with van der Waals surface area (Å²) in [7, 11) is 0. The average Bonchev–Trinajstić information content (AvgIpc) is 3.44. The topological polar surface area (TPSA) is 123 Å². The molecule has 1 unspecified atom stereocenters. The van der Waals surface area contributed by atoms with E-state index in [0.717, 1.165) is 29.5 Å². The SMILES string of the molecule is CC(C)(O)C(NC(=O)Nc1cc2n[nH]c(C3CC3)c2c(CO)n1)c1ccccc1. The standard InChI is InChI=1S/C21H25N5O3/c1-21(2,29)19(13-6-4-3-5-7-13)24-20(28)23-16-10-14-17(15(11-27)22-16)18(26-25-14)12-8-9-12/h3-7,10,12,19,27,29H,8-9,11H2,1-2H3,(H,25,26)(H2,22,23,24,28). The zero-order valence-corrected chi connectivity index (χ0v) is 16.4. The Balaban J connectivity index is 1.56. The van der Waals surface area contributed by atoms with Gasteiger partial charge in [0.1, 0.15) is 5.82 Å². The maximum Gasteiger partial charge on any atom is 0.320 e. The number of pyridine rings is 1. The smallest absolute Gasteiger partial charge is 0.320 e. The number of carbonyl (C=O) groups excluding carboxylic acids is 1. The van der Waals surface area contributed by atoms with Gasteiger partial charge < -0.3 is 15.5 Å². The van der Waals surface area contributed by atoms with Crippen molar-refractivity contribution in [2.75, 3.05) is 5.32 Å². The van der Waals surface area contributed by atoms with Crippen molar-refractivity contribution < 1.29 is 15.0 Å². The third-order valence-electron chi connectivity index (χ3n) is 5.13. The van der Waals surface area contributed by atoms with Gasteiger partial charge in [0, 0.05) is 23.1 Å². The van der Waals surface area contributed by atoms with Gasteiger partial charge in [-0.05, 0) is 32.3 Å². The van der Waals surface area contributed by atoms with E-state index >= 15 is 0 Å². The number of aliphatic hydroxyl groups excluding tert-OH is 1. The number of nitrogens with zero attached hydrogens (tertiary/aromatic N) is 2. The van der Waals surface area contributed by atoms with E-state index in [4.69, 9.17) is 0 Å². The van der Waals surface area contributed by atoms with E-state index in [1.807, 2.05) is 30.3 Å². The van der Waals surface area contributed by atoms with Crippen LogP contribution < -0.4 is 10.6 Å². The van der Waals surface area contributed by atoms with Crippen LogP contribution in [0.15, 0.2) is 36.4 Å². The van der Waals surface area contributed by atoms with Crippen LogP contribution in [-0.2, 0) is 6.61 Å². The molecule has 2 heterocycles. The van der Waals surface area contributed by atoms with E-state index in [9.17, 15) is 15.0 Å². The number of benzene rings is 1. The maximum atomic E-state index is 12.6. The predicted molar refractivity (Wildman–Crippen MR) is 109 cm³/mol. The molecule has 0 aliphatic heterocycles. The number of H-pyrrole nitrogens is 1. The van der Waals surface area contributed by atoms with Crippen LogP contribution in [-0.4, -0.2) is 37.0 Å². The second kappa shape index (κ2) is 7.46. The van der Waals surface area contributed by atoms with Crippen molar-refractivity contribution in [3.05, 3.63) is 53.3 Å². The van der Waals surface area contributed by atoms with E-state index < -0.39 is 17.7 Å². The summed E-state index contributed by atoms with van der Waals surface area (Å²) in [4.78, 5) is 17.0. The summed E-state index contributed by atoms with van der Waals surface area (Å²) in [5.41, 5.74) is 1.75. The molecule has 0 saturated heterocycles. The van der Waals surface area contributed by atoms with Gasteiger partial charge in [0.05, 0.1) is 29.5 Å². The average molecular weight is 395 g/mol. The first kappa shape index (κ1) is 19.4. The lowest BCUT2D eigenvalue weighted by atomic mass is 9.92. The van der Waals surface area contributed by atoms with E-state index in [1.165, 1.54) is 0 Å². The molecule has 8 nitrogen and oxygen atoms in total. The Labute approximate surface area is 168 Å². The molecule has 2 amide bonds. The molecular weight excluding hydrogens is 370 g/mol. The number of carbonyl (C=O) groups is 1. The molecule has 152 valence electrons. The molecule has 0 bridgehead atoms. The second-order valence-electron chi connectivity index (χ2n) is 8.01. The molecule has 2 aromatic heterocycles. The molecule has 0 spiro atoms. The highest BCUT2D eigenvalue weighted by Crippen LogP contribution is 2.42. The fourth-order valence-electron chi connectivity index (χ4n) is 3.58. The van der Waals surface area contributed by atoms with E-state index in [0.29, 0.717) is 17.1 Å². The van der Waals surface area contributed by atoms with Gasteiger partial charge in [-0.3, -0.25) is 10.4 Å². The fraction of sp³-hybridized carbons (Fsp3) is 0.381. The van der Waals surface area contributed by atoms with Gasteiger partial charge in [0.2, 0.25) is 0 Å². The summed E-state index contributed by atoms with van der Waals surface area (Å²) in [5, 5.41) is 34.0. The Bertz CT molecular complexity index is 1020. The summed E-state index contributed by atoms with van der Waals surface area (Å²) in [6, 6.07) is 9.84. The number of nitrogens with one attached hydrogen (secondary N) is 3. The van der Waals surface area contributed by atoms with Crippen molar-refractivity contribution in [3.63, 3.8) is 0 Å². The molecule has 1 saturated carbocycles. The summed E-state index contributed by atoms with van der Waals surface area (Å²) < 4.78 is 0. The molecule has 8 heteroatoms. The van der Waals surface area contributed by atoms with Crippen LogP contribution in [0.4, 0.5) is 10.6 Å². The van der Waals surface area contributed by atoms with E-state index in [1.54, 1.807) is 19.9 Å². The van der Waals surface area contributed by atoms with Gasteiger partial charge in [0.25, 0.3) is 0 Å². The lowest BCUT2D eigenvalue weighted by Gasteiger charge is -2.30. The molecule has 1 atom stereocenters. The molecule has 29 heavy (non-hydrogen) atoms. The van der Waals surface area contributed by atoms with Crippen molar-refractivity contribution in [2.24, 2.45) is 0 Å². The van der Waals surface area contributed by atoms with E-state index in [-0.39, 0.29) is 12.4 Å². The summed E-state index contributed by atoms with van der Waals surface area (Å²) in [5.74, 6) is 0.725.